The van der Waals surface area contributed by atoms with Gasteiger partial charge in [0.15, 0.2) is 0 Å². The summed E-state index contributed by atoms with van der Waals surface area (Å²) in [4.78, 5) is 26.8. The van der Waals surface area contributed by atoms with Crippen molar-refractivity contribution >= 4 is 17.5 Å². The van der Waals surface area contributed by atoms with Crippen molar-refractivity contribution < 1.29 is 23.1 Å². The highest BCUT2D eigenvalue weighted by Gasteiger charge is 2.29. The zero-order valence-corrected chi connectivity index (χ0v) is 14.9. The SMILES string of the molecule is COc1cc(F)ccc1NC(=O)C1CCCN(C(=O)c2ccc(F)cc2)C1. The van der Waals surface area contributed by atoms with Crippen molar-refractivity contribution in [3.8, 4) is 5.75 Å². The van der Waals surface area contributed by atoms with Gasteiger partial charge < -0.3 is 15.0 Å². The first-order valence-corrected chi connectivity index (χ1v) is 8.67. The summed E-state index contributed by atoms with van der Waals surface area (Å²) in [6.07, 6.45) is 1.33. The third-order valence-corrected chi connectivity index (χ3v) is 4.59. The van der Waals surface area contributed by atoms with Crippen molar-refractivity contribution in [2.45, 2.75) is 12.8 Å². The number of carbonyl (C=O) groups is 2. The first kappa shape index (κ1) is 18.8. The Morgan fingerprint density at radius 3 is 2.52 bits per heavy atom. The van der Waals surface area contributed by atoms with Crippen LogP contribution in [0.3, 0.4) is 0 Å². The van der Waals surface area contributed by atoms with E-state index in [2.05, 4.69) is 5.32 Å². The van der Waals surface area contributed by atoms with Gasteiger partial charge in [0.05, 0.1) is 18.7 Å². The minimum absolute atomic E-state index is 0.230. The number of ether oxygens (including phenoxy) is 1. The topological polar surface area (TPSA) is 58.6 Å². The fourth-order valence-electron chi connectivity index (χ4n) is 3.15. The lowest BCUT2D eigenvalue weighted by Crippen LogP contribution is -2.43. The number of rotatable bonds is 4. The monoisotopic (exact) mass is 374 g/mol. The van der Waals surface area contributed by atoms with E-state index in [1.54, 1.807) is 4.90 Å². The number of amides is 2. The Morgan fingerprint density at radius 2 is 1.81 bits per heavy atom. The predicted molar refractivity (Wildman–Crippen MR) is 96.6 cm³/mol. The molecule has 1 heterocycles. The highest BCUT2D eigenvalue weighted by Crippen LogP contribution is 2.27. The molecule has 1 unspecified atom stereocenters. The van der Waals surface area contributed by atoms with E-state index in [1.165, 1.54) is 49.6 Å². The summed E-state index contributed by atoms with van der Waals surface area (Å²) in [5.74, 6) is -1.51. The molecule has 5 nitrogen and oxygen atoms in total. The molecule has 0 saturated carbocycles. The van der Waals surface area contributed by atoms with Crippen LogP contribution in [0.15, 0.2) is 42.5 Å². The third-order valence-electron chi connectivity index (χ3n) is 4.59. The van der Waals surface area contributed by atoms with Crippen LogP contribution in [0.25, 0.3) is 0 Å². The molecule has 2 aromatic carbocycles. The largest absolute Gasteiger partial charge is 0.494 e. The van der Waals surface area contributed by atoms with Crippen LogP contribution in [0.2, 0.25) is 0 Å². The summed E-state index contributed by atoms with van der Waals surface area (Å²) >= 11 is 0. The minimum Gasteiger partial charge on any atom is -0.494 e. The average Bonchev–Trinajstić information content (AvgIpc) is 2.69. The van der Waals surface area contributed by atoms with Crippen LogP contribution < -0.4 is 10.1 Å². The predicted octanol–water partition coefficient (Wildman–Crippen LogP) is 3.46. The Hall–Kier alpha value is -2.96. The van der Waals surface area contributed by atoms with Crippen LogP contribution in [-0.4, -0.2) is 36.9 Å². The lowest BCUT2D eigenvalue weighted by Gasteiger charge is -2.32. The second-order valence-corrected chi connectivity index (χ2v) is 6.43. The number of benzene rings is 2. The molecule has 0 bridgehead atoms. The van der Waals surface area contributed by atoms with E-state index in [1.807, 2.05) is 0 Å². The second-order valence-electron chi connectivity index (χ2n) is 6.43. The van der Waals surface area contributed by atoms with Gasteiger partial charge in [0.2, 0.25) is 5.91 Å². The number of piperidine rings is 1. The number of carbonyl (C=O) groups excluding carboxylic acids is 2. The molecule has 7 heteroatoms. The number of methoxy groups -OCH3 is 1. The lowest BCUT2D eigenvalue weighted by atomic mass is 9.96. The molecule has 1 N–H and O–H groups in total. The number of anilines is 1. The third kappa shape index (κ3) is 4.42. The molecule has 0 aliphatic carbocycles. The standard InChI is InChI=1S/C20H20F2N2O3/c1-27-18-11-16(22)8-9-17(18)23-19(25)14-3-2-10-24(12-14)20(26)13-4-6-15(21)7-5-13/h4-9,11,14H,2-3,10,12H2,1H3,(H,23,25). The number of halogens is 2. The van der Waals surface area contributed by atoms with E-state index in [0.29, 0.717) is 30.6 Å². The summed E-state index contributed by atoms with van der Waals surface area (Å²) < 4.78 is 31.4. The normalized spacial score (nSPS) is 16.7. The van der Waals surface area contributed by atoms with Crippen molar-refractivity contribution in [1.82, 2.24) is 4.90 Å². The van der Waals surface area contributed by atoms with E-state index in [9.17, 15) is 18.4 Å². The van der Waals surface area contributed by atoms with Crippen molar-refractivity contribution in [2.24, 2.45) is 5.92 Å². The molecule has 2 amide bonds. The van der Waals surface area contributed by atoms with Gasteiger partial charge in [-0.15, -0.1) is 0 Å². The number of hydrogen-bond donors (Lipinski definition) is 1. The quantitative estimate of drug-likeness (QED) is 0.892. The number of hydrogen-bond acceptors (Lipinski definition) is 3. The van der Waals surface area contributed by atoms with E-state index in [-0.39, 0.29) is 24.1 Å². The average molecular weight is 374 g/mol. The Bertz CT molecular complexity index is 840. The van der Waals surface area contributed by atoms with E-state index in [0.717, 1.165) is 0 Å². The summed E-state index contributed by atoms with van der Waals surface area (Å²) in [5, 5.41) is 2.75. The van der Waals surface area contributed by atoms with E-state index >= 15 is 0 Å². The Kier molecular flexibility index (Phi) is 5.69. The Balaban J connectivity index is 1.67. The molecule has 1 aliphatic heterocycles. The van der Waals surface area contributed by atoms with Crippen molar-refractivity contribution in [1.29, 1.82) is 0 Å². The minimum atomic E-state index is -0.460. The summed E-state index contributed by atoms with van der Waals surface area (Å²) in [5.41, 5.74) is 0.767. The molecule has 0 spiro atoms. The molecule has 3 rings (SSSR count). The number of nitrogens with zero attached hydrogens (tertiary/aromatic N) is 1. The van der Waals surface area contributed by atoms with Crippen molar-refractivity contribution in [3.05, 3.63) is 59.7 Å². The van der Waals surface area contributed by atoms with Gasteiger partial charge in [-0.1, -0.05) is 0 Å². The fourth-order valence-corrected chi connectivity index (χ4v) is 3.15. The molecular weight excluding hydrogens is 354 g/mol. The molecular formula is C20H20F2N2O3. The van der Waals surface area contributed by atoms with E-state index in [4.69, 9.17) is 4.74 Å². The smallest absolute Gasteiger partial charge is 0.253 e. The van der Waals surface area contributed by atoms with Gasteiger partial charge in [-0.2, -0.15) is 0 Å². The van der Waals surface area contributed by atoms with E-state index < -0.39 is 17.6 Å². The maximum atomic E-state index is 13.3. The summed E-state index contributed by atoms with van der Waals surface area (Å²) in [6, 6.07) is 9.22. The molecule has 2 aromatic rings. The van der Waals surface area contributed by atoms with Crippen LogP contribution in [0.4, 0.5) is 14.5 Å². The Morgan fingerprint density at radius 1 is 1.11 bits per heavy atom. The lowest BCUT2D eigenvalue weighted by molar-refractivity contribution is -0.121. The summed E-state index contributed by atoms with van der Waals surface area (Å²) in [6.45, 7) is 0.811. The summed E-state index contributed by atoms with van der Waals surface area (Å²) in [7, 11) is 1.40. The zero-order chi connectivity index (χ0) is 19.4. The van der Waals surface area contributed by atoms with Gasteiger partial charge in [0, 0.05) is 24.7 Å². The number of likely N-dealkylation sites (tertiary alicyclic amines) is 1. The van der Waals surface area contributed by atoms with Crippen LogP contribution in [0, 0.1) is 17.6 Å². The maximum absolute atomic E-state index is 13.3. The molecule has 142 valence electrons. The van der Waals surface area contributed by atoms with Gasteiger partial charge >= 0.3 is 0 Å². The first-order chi connectivity index (χ1) is 13.0. The van der Waals surface area contributed by atoms with Gasteiger partial charge in [-0.05, 0) is 49.2 Å². The van der Waals surface area contributed by atoms with Crippen molar-refractivity contribution in [2.75, 3.05) is 25.5 Å². The fraction of sp³-hybridized carbons (Fsp3) is 0.300. The first-order valence-electron chi connectivity index (χ1n) is 8.67. The van der Waals surface area contributed by atoms with Crippen LogP contribution in [-0.2, 0) is 4.79 Å². The number of nitrogens with one attached hydrogen (secondary N) is 1. The van der Waals surface area contributed by atoms with Crippen LogP contribution in [0.5, 0.6) is 5.75 Å². The van der Waals surface area contributed by atoms with Crippen LogP contribution in [0.1, 0.15) is 23.2 Å². The molecule has 0 aromatic heterocycles. The highest BCUT2D eigenvalue weighted by molar-refractivity contribution is 5.96. The van der Waals surface area contributed by atoms with Crippen molar-refractivity contribution in [3.63, 3.8) is 0 Å². The van der Waals surface area contributed by atoms with Gasteiger partial charge in [0.25, 0.3) is 5.91 Å². The Labute approximate surface area is 155 Å². The van der Waals surface area contributed by atoms with Gasteiger partial charge in [-0.25, -0.2) is 8.78 Å². The molecule has 1 saturated heterocycles. The zero-order valence-electron chi connectivity index (χ0n) is 14.9. The molecule has 1 atom stereocenters. The molecule has 0 radical (unpaired) electrons. The molecule has 27 heavy (non-hydrogen) atoms. The highest BCUT2D eigenvalue weighted by atomic mass is 19.1. The van der Waals surface area contributed by atoms with Gasteiger partial charge in [0.1, 0.15) is 17.4 Å². The molecule has 1 aliphatic rings. The van der Waals surface area contributed by atoms with Crippen LogP contribution >= 0.6 is 0 Å². The maximum Gasteiger partial charge on any atom is 0.253 e. The van der Waals surface area contributed by atoms with Gasteiger partial charge in [-0.3, -0.25) is 9.59 Å². The molecule has 1 fully saturated rings. The second kappa shape index (κ2) is 8.16.